The maximum Gasteiger partial charge on any atom is 0.266 e. The molecule has 38 heavy (non-hydrogen) atoms. The van der Waals surface area contributed by atoms with Gasteiger partial charge in [-0.05, 0) is 73.7 Å². The van der Waals surface area contributed by atoms with Crippen molar-refractivity contribution in [3.8, 4) is 28.8 Å². The molecule has 0 atom stereocenters. The van der Waals surface area contributed by atoms with Crippen LogP contribution < -0.4 is 10.1 Å². The summed E-state index contributed by atoms with van der Waals surface area (Å²) in [6.07, 6.45) is 5.79. The molecule has 0 unspecified atom stereocenters. The summed E-state index contributed by atoms with van der Waals surface area (Å²) in [5.41, 5.74) is 3.74. The van der Waals surface area contributed by atoms with Gasteiger partial charge in [-0.15, -0.1) is 11.8 Å². The van der Waals surface area contributed by atoms with Crippen molar-refractivity contribution in [3.05, 3.63) is 96.2 Å². The third kappa shape index (κ3) is 6.93. The normalized spacial score (nSPS) is 11.1. The summed E-state index contributed by atoms with van der Waals surface area (Å²) in [6.45, 7) is 4.66. The number of para-hydroxylation sites is 1. The van der Waals surface area contributed by atoms with E-state index in [9.17, 15) is 10.1 Å². The zero-order valence-corrected chi connectivity index (χ0v) is 22.4. The van der Waals surface area contributed by atoms with Crippen molar-refractivity contribution in [2.24, 2.45) is 0 Å². The molecule has 4 rings (SSSR count). The van der Waals surface area contributed by atoms with Gasteiger partial charge in [0.1, 0.15) is 17.4 Å². The molecule has 0 spiro atoms. The third-order valence-corrected chi connectivity index (χ3v) is 6.84. The molecular formula is C31H30N4O2S. The molecule has 6 nitrogen and oxygen atoms in total. The first-order chi connectivity index (χ1) is 18.6. The molecule has 3 aromatic carbocycles. The quantitative estimate of drug-likeness (QED) is 0.0962. The second-order valence-electron chi connectivity index (χ2n) is 8.52. The summed E-state index contributed by atoms with van der Waals surface area (Å²) in [5, 5.41) is 17.5. The Morgan fingerprint density at radius 1 is 1.05 bits per heavy atom. The Kier molecular flexibility index (Phi) is 9.38. The van der Waals surface area contributed by atoms with Gasteiger partial charge in [0.15, 0.2) is 0 Å². The van der Waals surface area contributed by atoms with Crippen molar-refractivity contribution in [2.75, 3.05) is 17.7 Å². The molecule has 1 heterocycles. The molecule has 0 aliphatic carbocycles. The van der Waals surface area contributed by atoms with Crippen molar-refractivity contribution < 1.29 is 9.53 Å². The van der Waals surface area contributed by atoms with Crippen molar-refractivity contribution in [1.29, 1.82) is 5.26 Å². The number of nitrogens with one attached hydrogen (secondary N) is 1. The summed E-state index contributed by atoms with van der Waals surface area (Å²) >= 11 is 1.84. The van der Waals surface area contributed by atoms with Gasteiger partial charge >= 0.3 is 0 Å². The molecule has 0 bridgehead atoms. The molecule has 7 heteroatoms. The van der Waals surface area contributed by atoms with Crippen molar-refractivity contribution >= 4 is 29.4 Å². The van der Waals surface area contributed by atoms with Crippen LogP contribution in [0, 0.1) is 11.3 Å². The minimum atomic E-state index is -0.488. The van der Waals surface area contributed by atoms with Gasteiger partial charge in [0.05, 0.1) is 18.0 Å². The van der Waals surface area contributed by atoms with Crippen molar-refractivity contribution in [1.82, 2.24) is 9.78 Å². The number of anilines is 1. The zero-order valence-electron chi connectivity index (χ0n) is 21.6. The minimum absolute atomic E-state index is 0.0144. The fourth-order valence-corrected chi connectivity index (χ4v) is 4.77. The van der Waals surface area contributed by atoms with E-state index in [-0.39, 0.29) is 5.57 Å². The molecule has 4 aromatic rings. The largest absolute Gasteiger partial charge is 0.494 e. The average molecular weight is 523 g/mol. The first-order valence-electron chi connectivity index (χ1n) is 12.7. The maximum atomic E-state index is 13.0. The number of benzene rings is 3. The number of hydrogen-bond acceptors (Lipinski definition) is 5. The summed E-state index contributed by atoms with van der Waals surface area (Å²) in [6, 6.07) is 27.1. The Morgan fingerprint density at radius 3 is 2.45 bits per heavy atom. The monoisotopic (exact) mass is 522 g/mol. The number of hydrogen-bond donors (Lipinski definition) is 1. The summed E-state index contributed by atoms with van der Waals surface area (Å²) in [7, 11) is 0. The highest BCUT2D eigenvalue weighted by atomic mass is 32.2. The van der Waals surface area contributed by atoms with E-state index in [1.54, 1.807) is 35.0 Å². The smallest absolute Gasteiger partial charge is 0.266 e. The maximum absolute atomic E-state index is 13.0. The summed E-state index contributed by atoms with van der Waals surface area (Å²) in [5.74, 6) is 1.31. The van der Waals surface area contributed by atoms with E-state index in [0.29, 0.717) is 29.3 Å². The lowest BCUT2D eigenvalue weighted by Crippen LogP contribution is -2.13. The topological polar surface area (TPSA) is 79.9 Å². The number of amides is 1. The molecule has 0 radical (unpaired) electrons. The van der Waals surface area contributed by atoms with Crippen LogP contribution in [0.15, 0.2) is 95.5 Å². The third-order valence-electron chi connectivity index (χ3n) is 5.75. The highest BCUT2D eigenvalue weighted by Crippen LogP contribution is 2.29. The van der Waals surface area contributed by atoms with E-state index < -0.39 is 5.91 Å². The van der Waals surface area contributed by atoms with Crippen LogP contribution in [0.25, 0.3) is 23.0 Å². The first-order valence-corrected chi connectivity index (χ1v) is 13.6. The molecular weight excluding hydrogens is 492 g/mol. The molecule has 0 saturated carbocycles. The van der Waals surface area contributed by atoms with Gasteiger partial charge in [-0.3, -0.25) is 4.79 Å². The number of ether oxygens (including phenoxy) is 1. The molecule has 192 valence electrons. The van der Waals surface area contributed by atoms with E-state index in [4.69, 9.17) is 9.84 Å². The van der Waals surface area contributed by atoms with Crippen LogP contribution in [0.5, 0.6) is 5.75 Å². The highest BCUT2D eigenvalue weighted by molar-refractivity contribution is 7.99. The van der Waals surface area contributed by atoms with Crippen LogP contribution in [0.3, 0.4) is 0 Å². The second kappa shape index (κ2) is 13.3. The SMILES string of the molecule is CCCCSc1ccc(-c2nn(-c3ccccc3)cc2C=C(C#N)C(=O)Nc2ccc(OCC)cc2)cc1. The van der Waals surface area contributed by atoms with E-state index in [2.05, 4.69) is 30.4 Å². The summed E-state index contributed by atoms with van der Waals surface area (Å²) in [4.78, 5) is 14.2. The fourth-order valence-electron chi connectivity index (χ4n) is 3.78. The average Bonchev–Trinajstić information content (AvgIpc) is 3.38. The van der Waals surface area contributed by atoms with E-state index in [1.807, 2.05) is 67.3 Å². The summed E-state index contributed by atoms with van der Waals surface area (Å²) < 4.78 is 7.22. The number of unbranched alkanes of at least 4 members (excludes halogenated alkanes) is 1. The van der Waals surface area contributed by atoms with Crippen LogP contribution in [0.1, 0.15) is 32.3 Å². The predicted molar refractivity (Wildman–Crippen MR) is 154 cm³/mol. The lowest BCUT2D eigenvalue weighted by atomic mass is 10.1. The Bertz CT molecular complexity index is 1420. The number of nitrogens with zero attached hydrogens (tertiary/aromatic N) is 3. The first kappa shape index (κ1) is 26.8. The van der Waals surface area contributed by atoms with E-state index in [0.717, 1.165) is 17.0 Å². The van der Waals surface area contributed by atoms with Gasteiger partial charge in [-0.25, -0.2) is 4.68 Å². The van der Waals surface area contributed by atoms with Gasteiger partial charge in [0.2, 0.25) is 0 Å². The molecule has 0 aliphatic rings. The van der Waals surface area contributed by atoms with Crippen molar-refractivity contribution in [3.63, 3.8) is 0 Å². The Morgan fingerprint density at radius 2 is 1.79 bits per heavy atom. The second-order valence-corrected chi connectivity index (χ2v) is 9.69. The van der Waals surface area contributed by atoms with Crippen LogP contribution in [0.4, 0.5) is 5.69 Å². The van der Waals surface area contributed by atoms with Crippen LogP contribution in [-0.2, 0) is 4.79 Å². The lowest BCUT2D eigenvalue weighted by Gasteiger charge is -2.07. The Balaban J connectivity index is 1.64. The predicted octanol–water partition coefficient (Wildman–Crippen LogP) is 7.38. The number of thioether (sulfide) groups is 1. The van der Waals surface area contributed by atoms with Crippen molar-refractivity contribution in [2.45, 2.75) is 31.6 Å². The molecule has 1 N–H and O–H groups in total. The minimum Gasteiger partial charge on any atom is -0.494 e. The molecule has 1 amide bonds. The van der Waals surface area contributed by atoms with Crippen LogP contribution >= 0.6 is 11.8 Å². The number of nitriles is 1. The van der Waals surface area contributed by atoms with Crippen LogP contribution in [0.2, 0.25) is 0 Å². The van der Waals surface area contributed by atoms with E-state index in [1.165, 1.54) is 17.7 Å². The van der Waals surface area contributed by atoms with E-state index >= 15 is 0 Å². The Hall–Kier alpha value is -4.28. The number of carbonyl (C=O) groups is 1. The molecule has 0 fully saturated rings. The standard InChI is InChI=1S/C31H30N4O2S/c1-3-5-19-38-29-17-11-23(12-18-29)30-25(22-35(34-30)27-9-7-6-8-10-27)20-24(21-32)31(36)33-26-13-15-28(16-14-26)37-4-2/h6-18,20,22H,3-5,19H2,1-2H3,(H,33,36). The zero-order chi connectivity index (χ0) is 26.7. The van der Waals surface area contributed by atoms with Gasteiger partial charge in [-0.1, -0.05) is 43.7 Å². The number of rotatable bonds is 11. The number of aromatic nitrogens is 2. The van der Waals surface area contributed by atoms with Gasteiger partial charge in [0, 0.05) is 27.9 Å². The lowest BCUT2D eigenvalue weighted by molar-refractivity contribution is -0.112. The highest BCUT2D eigenvalue weighted by Gasteiger charge is 2.16. The van der Waals surface area contributed by atoms with Gasteiger partial charge in [0.25, 0.3) is 5.91 Å². The molecule has 1 aromatic heterocycles. The fraction of sp³-hybridized carbons (Fsp3) is 0.194. The van der Waals surface area contributed by atoms with Crippen LogP contribution in [-0.4, -0.2) is 28.0 Å². The molecule has 0 aliphatic heterocycles. The van der Waals surface area contributed by atoms with Gasteiger partial charge < -0.3 is 10.1 Å². The van der Waals surface area contributed by atoms with Gasteiger partial charge in [-0.2, -0.15) is 10.4 Å². The number of carbonyl (C=O) groups excluding carboxylic acids is 1. The molecule has 0 saturated heterocycles. The Labute approximate surface area is 228 Å².